The molecule has 1 amide bonds. The third kappa shape index (κ3) is 4.78. The van der Waals surface area contributed by atoms with E-state index in [0.29, 0.717) is 16.7 Å². The number of hydrogen-bond donors (Lipinski definition) is 2. The average Bonchev–Trinajstić information content (AvgIpc) is 2.67. The summed E-state index contributed by atoms with van der Waals surface area (Å²) in [7, 11) is 0. The predicted molar refractivity (Wildman–Crippen MR) is 107 cm³/mol. The van der Waals surface area contributed by atoms with Gasteiger partial charge in [-0.1, -0.05) is 35.9 Å². The van der Waals surface area contributed by atoms with Crippen molar-refractivity contribution in [3.05, 3.63) is 58.4 Å². The number of carbonyl (C=O) groups excluding carboxylic acids is 1. The Bertz CT molecular complexity index is 984. The van der Waals surface area contributed by atoms with Gasteiger partial charge >= 0.3 is 5.97 Å². The van der Waals surface area contributed by atoms with E-state index in [1.165, 1.54) is 12.1 Å². The molecule has 8 heteroatoms. The van der Waals surface area contributed by atoms with Crippen molar-refractivity contribution in [3.8, 4) is 11.1 Å². The minimum atomic E-state index is -2.91. The Morgan fingerprint density at radius 1 is 1.07 bits per heavy atom. The van der Waals surface area contributed by atoms with Crippen LogP contribution in [-0.4, -0.2) is 28.4 Å². The van der Waals surface area contributed by atoms with E-state index < -0.39 is 42.0 Å². The molecule has 0 atom stereocenters. The average molecular weight is 440 g/mol. The molecule has 0 radical (unpaired) electrons. The molecule has 0 aliphatic heterocycles. The Balaban J connectivity index is 1.79. The quantitative estimate of drug-likeness (QED) is 0.677. The lowest BCUT2D eigenvalue weighted by Gasteiger charge is -2.37. The number of carboxylic acid groups (broad SMARTS) is 1. The molecule has 1 aliphatic carbocycles. The van der Waals surface area contributed by atoms with Crippen molar-refractivity contribution in [1.29, 1.82) is 0 Å². The number of benzene rings is 2. The van der Waals surface area contributed by atoms with Crippen LogP contribution in [0.3, 0.4) is 0 Å². The maximum absolute atomic E-state index is 13.8. The monoisotopic (exact) mass is 439 g/mol. The highest BCUT2D eigenvalue weighted by Crippen LogP contribution is 2.38. The van der Waals surface area contributed by atoms with Crippen molar-refractivity contribution in [1.82, 2.24) is 5.32 Å². The molecular weight excluding hydrogens is 419 g/mol. The van der Waals surface area contributed by atoms with Gasteiger partial charge in [-0.3, -0.25) is 4.79 Å². The summed E-state index contributed by atoms with van der Waals surface area (Å²) >= 11 is 5.72. The van der Waals surface area contributed by atoms with E-state index in [9.17, 15) is 27.9 Å². The van der Waals surface area contributed by atoms with Crippen LogP contribution in [0.25, 0.3) is 11.1 Å². The van der Waals surface area contributed by atoms with Crippen LogP contribution in [0.2, 0.25) is 5.02 Å². The van der Waals surface area contributed by atoms with E-state index in [0.717, 1.165) is 5.56 Å². The molecular formula is C22H21ClF3NO3. The van der Waals surface area contributed by atoms with E-state index >= 15 is 0 Å². The van der Waals surface area contributed by atoms with Gasteiger partial charge in [0, 0.05) is 12.8 Å². The first kappa shape index (κ1) is 22.2. The Kier molecular flexibility index (Phi) is 6.13. The van der Waals surface area contributed by atoms with Crippen molar-refractivity contribution < 1.29 is 27.9 Å². The summed E-state index contributed by atoms with van der Waals surface area (Å²) < 4.78 is 40.7. The van der Waals surface area contributed by atoms with Crippen molar-refractivity contribution >= 4 is 23.5 Å². The largest absolute Gasteiger partial charge is 0.480 e. The van der Waals surface area contributed by atoms with E-state index in [4.69, 9.17) is 11.6 Å². The van der Waals surface area contributed by atoms with Gasteiger partial charge in [0.15, 0.2) is 0 Å². The zero-order valence-electron chi connectivity index (χ0n) is 16.3. The van der Waals surface area contributed by atoms with Gasteiger partial charge in [0.05, 0.1) is 11.4 Å². The van der Waals surface area contributed by atoms with Crippen LogP contribution in [0.1, 0.15) is 36.8 Å². The van der Waals surface area contributed by atoms with E-state index in [-0.39, 0.29) is 24.3 Å². The number of carboxylic acids is 1. The fourth-order valence-corrected chi connectivity index (χ4v) is 3.75. The molecule has 1 aliphatic rings. The summed E-state index contributed by atoms with van der Waals surface area (Å²) in [5, 5.41) is 12.0. The number of amides is 1. The van der Waals surface area contributed by atoms with Gasteiger partial charge in [0.2, 0.25) is 11.8 Å². The first-order valence-corrected chi connectivity index (χ1v) is 9.86. The third-order valence-electron chi connectivity index (χ3n) is 5.58. The molecule has 0 unspecified atom stereocenters. The molecule has 1 saturated carbocycles. The van der Waals surface area contributed by atoms with Crippen LogP contribution in [0, 0.1) is 12.7 Å². The first-order valence-electron chi connectivity index (χ1n) is 9.49. The summed E-state index contributed by atoms with van der Waals surface area (Å²) in [6, 6.07) is 9.66. The number of alkyl halides is 2. The first-order chi connectivity index (χ1) is 14.0. The van der Waals surface area contributed by atoms with Gasteiger partial charge in [-0.2, -0.15) is 0 Å². The third-order valence-corrected chi connectivity index (χ3v) is 5.88. The van der Waals surface area contributed by atoms with E-state index in [1.54, 1.807) is 31.2 Å². The highest BCUT2D eigenvalue weighted by molar-refractivity contribution is 6.30. The number of rotatable bonds is 5. The Hall–Kier alpha value is -2.54. The predicted octanol–water partition coefficient (Wildman–Crippen LogP) is 5.15. The molecule has 3 rings (SSSR count). The van der Waals surface area contributed by atoms with Gasteiger partial charge in [-0.15, -0.1) is 0 Å². The molecule has 30 heavy (non-hydrogen) atoms. The normalized spacial score (nSPS) is 17.4. The van der Waals surface area contributed by atoms with Gasteiger partial charge in [-0.25, -0.2) is 18.0 Å². The number of carbonyl (C=O) groups is 2. The van der Waals surface area contributed by atoms with Crippen LogP contribution in [0.15, 0.2) is 36.4 Å². The van der Waals surface area contributed by atoms with Gasteiger partial charge < -0.3 is 10.4 Å². The van der Waals surface area contributed by atoms with Crippen LogP contribution >= 0.6 is 11.6 Å². The number of aliphatic carboxylic acids is 1. The Labute approximate surface area is 177 Å². The van der Waals surface area contributed by atoms with Gasteiger partial charge in [0.1, 0.15) is 11.4 Å². The maximum Gasteiger partial charge on any atom is 0.329 e. The van der Waals surface area contributed by atoms with Gasteiger partial charge in [0.25, 0.3) is 0 Å². The highest BCUT2D eigenvalue weighted by atomic mass is 35.5. The summed E-state index contributed by atoms with van der Waals surface area (Å²) in [5.74, 6) is -5.35. The SMILES string of the molecule is Cc1ccc(-c2ccc(Cl)c(F)c2)cc1CC(=O)NC1(C(=O)O)CCC(F)(F)CC1. The zero-order chi connectivity index (χ0) is 22.1. The molecule has 2 N–H and O–H groups in total. The standard InChI is InChI=1S/C22H21ClF3NO3/c1-13-2-3-14(15-4-5-17(23)18(24)11-15)10-16(13)12-19(28)27-21(20(29)30)6-8-22(25,26)9-7-21/h2-5,10-11H,6-9,12H2,1H3,(H,27,28)(H,29,30). The second kappa shape index (κ2) is 8.30. The number of halogens is 4. The molecule has 2 aromatic rings. The fourth-order valence-electron chi connectivity index (χ4n) is 3.64. The Morgan fingerprint density at radius 3 is 2.27 bits per heavy atom. The fraction of sp³-hybridized carbons (Fsp3) is 0.364. The van der Waals surface area contributed by atoms with Crippen molar-refractivity contribution in [2.24, 2.45) is 0 Å². The van der Waals surface area contributed by atoms with Crippen LogP contribution in [0.5, 0.6) is 0 Å². The maximum atomic E-state index is 13.8. The second-order valence-electron chi connectivity index (χ2n) is 7.74. The molecule has 0 bridgehead atoms. The molecule has 0 heterocycles. The molecule has 1 fully saturated rings. The minimum absolute atomic E-state index is 0.00231. The van der Waals surface area contributed by atoms with Crippen molar-refractivity contribution in [2.75, 3.05) is 0 Å². The topological polar surface area (TPSA) is 66.4 Å². The lowest BCUT2D eigenvalue weighted by Crippen LogP contribution is -2.58. The molecule has 4 nitrogen and oxygen atoms in total. The summed E-state index contributed by atoms with van der Waals surface area (Å²) in [4.78, 5) is 24.3. The van der Waals surface area contributed by atoms with Crippen LogP contribution in [0.4, 0.5) is 13.2 Å². The minimum Gasteiger partial charge on any atom is -0.480 e. The smallest absolute Gasteiger partial charge is 0.329 e. The van der Waals surface area contributed by atoms with E-state index in [2.05, 4.69) is 5.32 Å². The van der Waals surface area contributed by atoms with E-state index in [1.807, 2.05) is 0 Å². The van der Waals surface area contributed by atoms with Crippen LogP contribution in [-0.2, 0) is 16.0 Å². The summed E-state index contributed by atoms with van der Waals surface area (Å²) in [6.07, 6.45) is -1.96. The van der Waals surface area contributed by atoms with Crippen molar-refractivity contribution in [2.45, 2.75) is 50.5 Å². The summed E-state index contributed by atoms with van der Waals surface area (Å²) in [6.45, 7) is 1.79. The van der Waals surface area contributed by atoms with Crippen LogP contribution < -0.4 is 5.32 Å². The lowest BCUT2D eigenvalue weighted by atomic mass is 9.79. The number of aryl methyl sites for hydroxylation is 1. The van der Waals surface area contributed by atoms with Gasteiger partial charge in [-0.05, 0) is 54.2 Å². The second-order valence-corrected chi connectivity index (χ2v) is 8.15. The highest BCUT2D eigenvalue weighted by Gasteiger charge is 2.48. The zero-order valence-corrected chi connectivity index (χ0v) is 17.0. The number of hydrogen-bond acceptors (Lipinski definition) is 2. The summed E-state index contributed by atoms with van der Waals surface area (Å²) in [5.41, 5.74) is 0.980. The molecule has 2 aromatic carbocycles. The van der Waals surface area contributed by atoms with Crippen molar-refractivity contribution in [3.63, 3.8) is 0 Å². The lowest BCUT2D eigenvalue weighted by molar-refractivity contribution is -0.153. The number of nitrogens with one attached hydrogen (secondary N) is 1. The molecule has 0 saturated heterocycles. The molecule has 160 valence electrons. The Morgan fingerprint density at radius 2 is 1.67 bits per heavy atom. The molecule has 0 spiro atoms. The molecule has 0 aromatic heterocycles.